The highest BCUT2D eigenvalue weighted by atomic mass is 79.9. The van der Waals surface area contributed by atoms with Crippen molar-refractivity contribution in [3.63, 3.8) is 0 Å². The lowest BCUT2D eigenvalue weighted by atomic mass is 10.1. The maximum atomic E-state index is 12.1. The van der Waals surface area contributed by atoms with Gasteiger partial charge >= 0.3 is 0 Å². The van der Waals surface area contributed by atoms with Crippen molar-refractivity contribution in [2.45, 2.75) is 26.4 Å². The van der Waals surface area contributed by atoms with Crippen LogP contribution in [0.1, 0.15) is 31.1 Å². The smallest absolute Gasteiger partial charge is 0.258 e. The fraction of sp³-hybridized carbons (Fsp3) is 0.545. The highest BCUT2D eigenvalue weighted by molar-refractivity contribution is 9.10. The Morgan fingerprint density at radius 1 is 1.62 bits per heavy atom. The Balaban J connectivity index is 2.82. The van der Waals surface area contributed by atoms with Gasteiger partial charge in [-0.3, -0.25) is 4.79 Å². The fourth-order valence-electron chi connectivity index (χ4n) is 1.41. The molecule has 0 unspecified atom stereocenters. The maximum Gasteiger partial charge on any atom is 0.258 e. The van der Waals surface area contributed by atoms with Gasteiger partial charge in [0.1, 0.15) is 0 Å². The van der Waals surface area contributed by atoms with Gasteiger partial charge in [0, 0.05) is 13.1 Å². The molecule has 0 saturated carbocycles. The molecule has 1 aromatic heterocycles. The van der Waals surface area contributed by atoms with E-state index >= 15 is 0 Å². The standard InChI is InChI=1S/C11H16BrNO3/c1-4-13(7-11(2,3)15)10(14)8-5-6-16-9(8)12/h5-6,15H,4,7H2,1-3H3. The Hall–Kier alpha value is -0.810. The van der Waals surface area contributed by atoms with Crippen LogP contribution in [0.2, 0.25) is 0 Å². The number of nitrogens with zero attached hydrogens (tertiary/aromatic N) is 1. The molecule has 0 saturated heterocycles. The summed E-state index contributed by atoms with van der Waals surface area (Å²) < 4.78 is 5.44. The minimum atomic E-state index is -0.901. The molecule has 1 aromatic rings. The van der Waals surface area contributed by atoms with Gasteiger partial charge < -0.3 is 14.4 Å². The summed E-state index contributed by atoms with van der Waals surface area (Å²) in [7, 11) is 0. The van der Waals surface area contributed by atoms with Crippen molar-refractivity contribution in [1.82, 2.24) is 4.90 Å². The quantitative estimate of drug-likeness (QED) is 0.925. The molecule has 1 amide bonds. The van der Waals surface area contributed by atoms with Crippen molar-refractivity contribution < 1.29 is 14.3 Å². The fourth-order valence-corrected chi connectivity index (χ4v) is 1.82. The minimum Gasteiger partial charge on any atom is -0.457 e. The van der Waals surface area contributed by atoms with Gasteiger partial charge in [0.05, 0.1) is 17.4 Å². The summed E-state index contributed by atoms with van der Waals surface area (Å²) in [6, 6.07) is 1.61. The van der Waals surface area contributed by atoms with E-state index in [1.807, 2.05) is 6.92 Å². The first-order valence-electron chi connectivity index (χ1n) is 5.10. The summed E-state index contributed by atoms with van der Waals surface area (Å²) in [4.78, 5) is 13.6. The van der Waals surface area contributed by atoms with Crippen molar-refractivity contribution in [2.75, 3.05) is 13.1 Å². The zero-order valence-electron chi connectivity index (χ0n) is 9.66. The number of hydrogen-bond acceptors (Lipinski definition) is 3. The van der Waals surface area contributed by atoms with Crippen LogP contribution >= 0.6 is 15.9 Å². The molecule has 0 radical (unpaired) electrons. The van der Waals surface area contributed by atoms with Gasteiger partial charge in [0.2, 0.25) is 0 Å². The number of likely N-dealkylation sites (N-methyl/N-ethyl adjacent to an activating group) is 1. The molecule has 0 spiro atoms. The van der Waals surface area contributed by atoms with E-state index in [0.29, 0.717) is 23.3 Å². The molecule has 4 nitrogen and oxygen atoms in total. The molecule has 1 N–H and O–H groups in total. The molecule has 0 fully saturated rings. The van der Waals surface area contributed by atoms with Gasteiger partial charge in [0.25, 0.3) is 5.91 Å². The molecule has 0 atom stereocenters. The average molecular weight is 290 g/mol. The normalized spacial score (nSPS) is 11.6. The Kier molecular flexibility index (Phi) is 4.15. The van der Waals surface area contributed by atoms with Gasteiger partial charge in [-0.05, 0) is 42.8 Å². The molecule has 0 bridgehead atoms. The van der Waals surface area contributed by atoms with Crippen LogP contribution in [0, 0.1) is 0 Å². The van der Waals surface area contributed by atoms with E-state index < -0.39 is 5.60 Å². The van der Waals surface area contributed by atoms with Gasteiger partial charge in [-0.25, -0.2) is 0 Å². The Labute approximate surface area is 103 Å². The largest absolute Gasteiger partial charge is 0.457 e. The summed E-state index contributed by atoms with van der Waals surface area (Å²) >= 11 is 3.17. The number of halogens is 1. The number of carbonyl (C=O) groups excluding carboxylic acids is 1. The van der Waals surface area contributed by atoms with Crippen LogP contribution in [0.4, 0.5) is 0 Å². The third-order valence-corrected chi connectivity index (χ3v) is 2.71. The lowest BCUT2D eigenvalue weighted by Crippen LogP contribution is -2.42. The number of aliphatic hydroxyl groups is 1. The summed E-state index contributed by atoms with van der Waals surface area (Å²) in [6.07, 6.45) is 1.45. The van der Waals surface area contributed by atoms with Crippen molar-refractivity contribution >= 4 is 21.8 Å². The second-order valence-electron chi connectivity index (χ2n) is 4.24. The maximum absolute atomic E-state index is 12.1. The molecular weight excluding hydrogens is 274 g/mol. The van der Waals surface area contributed by atoms with E-state index in [4.69, 9.17) is 4.42 Å². The highest BCUT2D eigenvalue weighted by Crippen LogP contribution is 2.20. The summed E-state index contributed by atoms with van der Waals surface area (Å²) in [5, 5.41) is 9.71. The summed E-state index contributed by atoms with van der Waals surface area (Å²) in [5.74, 6) is -0.148. The molecule has 0 aliphatic carbocycles. The summed E-state index contributed by atoms with van der Waals surface area (Å²) in [6.45, 7) is 6.05. The molecule has 1 rings (SSSR count). The van der Waals surface area contributed by atoms with Gasteiger partial charge in [0.15, 0.2) is 4.67 Å². The van der Waals surface area contributed by atoms with Crippen LogP contribution < -0.4 is 0 Å². The first kappa shape index (κ1) is 13.3. The lowest BCUT2D eigenvalue weighted by Gasteiger charge is -2.27. The Morgan fingerprint density at radius 2 is 2.25 bits per heavy atom. The van der Waals surface area contributed by atoms with Crippen LogP contribution in [-0.4, -0.2) is 34.6 Å². The average Bonchev–Trinajstić information content (AvgIpc) is 2.58. The van der Waals surface area contributed by atoms with Crippen LogP contribution in [0.15, 0.2) is 21.4 Å². The third kappa shape index (κ3) is 3.35. The molecule has 16 heavy (non-hydrogen) atoms. The van der Waals surface area contributed by atoms with E-state index in [-0.39, 0.29) is 5.91 Å². The highest BCUT2D eigenvalue weighted by Gasteiger charge is 2.24. The van der Waals surface area contributed by atoms with Crippen molar-refractivity contribution in [3.05, 3.63) is 22.6 Å². The SMILES string of the molecule is CCN(CC(C)(C)O)C(=O)c1ccoc1Br. The van der Waals surface area contributed by atoms with Crippen molar-refractivity contribution in [3.8, 4) is 0 Å². The topological polar surface area (TPSA) is 53.7 Å². The third-order valence-electron chi connectivity index (χ3n) is 2.10. The van der Waals surface area contributed by atoms with Crippen LogP contribution in [0.3, 0.4) is 0 Å². The van der Waals surface area contributed by atoms with E-state index in [1.54, 1.807) is 24.8 Å². The van der Waals surface area contributed by atoms with Gasteiger partial charge in [-0.1, -0.05) is 0 Å². The lowest BCUT2D eigenvalue weighted by molar-refractivity contribution is 0.0313. The molecular formula is C11H16BrNO3. The van der Waals surface area contributed by atoms with Gasteiger partial charge in [-0.15, -0.1) is 0 Å². The number of amides is 1. The zero-order chi connectivity index (χ0) is 12.3. The first-order valence-corrected chi connectivity index (χ1v) is 5.89. The number of rotatable bonds is 4. The molecule has 1 heterocycles. The Morgan fingerprint density at radius 3 is 2.62 bits per heavy atom. The van der Waals surface area contributed by atoms with E-state index in [1.165, 1.54) is 6.26 Å². The number of furan rings is 1. The van der Waals surface area contributed by atoms with Crippen LogP contribution in [-0.2, 0) is 0 Å². The van der Waals surface area contributed by atoms with Gasteiger partial charge in [-0.2, -0.15) is 0 Å². The number of carbonyl (C=O) groups is 1. The second kappa shape index (κ2) is 5.01. The first-order chi connectivity index (χ1) is 7.35. The van der Waals surface area contributed by atoms with E-state index in [9.17, 15) is 9.90 Å². The van der Waals surface area contributed by atoms with E-state index in [0.717, 1.165) is 0 Å². The van der Waals surface area contributed by atoms with E-state index in [2.05, 4.69) is 15.9 Å². The van der Waals surface area contributed by atoms with Crippen molar-refractivity contribution in [1.29, 1.82) is 0 Å². The molecule has 0 aliphatic rings. The predicted molar refractivity (Wildman–Crippen MR) is 64.3 cm³/mol. The molecule has 5 heteroatoms. The minimum absolute atomic E-state index is 0.148. The molecule has 90 valence electrons. The number of hydrogen-bond donors (Lipinski definition) is 1. The van der Waals surface area contributed by atoms with Crippen LogP contribution in [0.5, 0.6) is 0 Å². The zero-order valence-corrected chi connectivity index (χ0v) is 11.2. The molecule has 0 aliphatic heterocycles. The van der Waals surface area contributed by atoms with Crippen LogP contribution in [0.25, 0.3) is 0 Å². The predicted octanol–water partition coefficient (Wildman–Crippen LogP) is 2.28. The summed E-state index contributed by atoms with van der Waals surface area (Å²) in [5.41, 5.74) is -0.423. The monoisotopic (exact) mass is 289 g/mol. The Bertz CT molecular complexity index is 368. The molecule has 0 aromatic carbocycles. The van der Waals surface area contributed by atoms with Crippen molar-refractivity contribution in [2.24, 2.45) is 0 Å². The second-order valence-corrected chi connectivity index (χ2v) is 4.96.